The van der Waals surface area contributed by atoms with Gasteiger partial charge in [0.15, 0.2) is 0 Å². The third-order valence-corrected chi connectivity index (χ3v) is 4.87. The Labute approximate surface area is 133 Å². The summed E-state index contributed by atoms with van der Waals surface area (Å²) in [7, 11) is -2.89. The second-order valence-electron chi connectivity index (χ2n) is 5.91. The van der Waals surface area contributed by atoms with E-state index in [0.717, 1.165) is 39.1 Å². The van der Waals surface area contributed by atoms with Gasteiger partial charge in [-0.15, -0.1) is 0 Å². The van der Waals surface area contributed by atoms with Crippen molar-refractivity contribution in [3.8, 4) is 6.07 Å². The average Bonchev–Trinajstić information content (AvgIpc) is 2.71. The van der Waals surface area contributed by atoms with Crippen LogP contribution in [0.15, 0.2) is 24.3 Å². The Morgan fingerprint density at radius 3 is 2.36 bits per heavy atom. The quantitative estimate of drug-likeness (QED) is 0.813. The summed E-state index contributed by atoms with van der Waals surface area (Å²) in [5.74, 6) is 0.239. The van der Waals surface area contributed by atoms with Crippen LogP contribution >= 0.6 is 0 Å². The minimum atomic E-state index is -2.89. The first kappa shape index (κ1) is 16.9. The maximum Gasteiger partial charge on any atom is 0.148 e. The van der Waals surface area contributed by atoms with E-state index in [2.05, 4.69) is 15.9 Å². The molecule has 0 spiro atoms. The molecule has 0 amide bonds. The molecule has 1 saturated heterocycles. The zero-order valence-corrected chi connectivity index (χ0v) is 13.8. The minimum absolute atomic E-state index is 0.239. The lowest BCUT2D eigenvalue weighted by Crippen LogP contribution is -2.33. The van der Waals surface area contributed by atoms with Crippen molar-refractivity contribution in [2.45, 2.75) is 13.0 Å². The molecule has 0 unspecified atom stereocenters. The Hall–Kier alpha value is -1.42. The van der Waals surface area contributed by atoms with Crippen LogP contribution in [0.2, 0.25) is 0 Å². The van der Waals surface area contributed by atoms with E-state index in [1.807, 2.05) is 24.3 Å². The van der Waals surface area contributed by atoms with Crippen LogP contribution in [-0.2, 0) is 16.4 Å². The lowest BCUT2D eigenvalue weighted by atomic mass is 10.1. The predicted octanol–water partition coefficient (Wildman–Crippen LogP) is 1.11. The van der Waals surface area contributed by atoms with Crippen molar-refractivity contribution < 1.29 is 8.42 Å². The molecule has 0 atom stereocenters. The highest BCUT2D eigenvalue weighted by atomic mass is 32.2. The van der Waals surface area contributed by atoms with Crippen LogP contribution in [0.5, 0.6) is 0 Å². The Kier molecular flexibility index (Phi) is 5.95. The lowest BCUT2D eigenvalue weighted by molar-refractivity contribution is 0.258. The second-order valence-corrected chi connectivity index (χ2v) is 8.17. The van der Waals surface area contributed by atoms with Gasteiger partial charge < -0.3 is 4.90 Å². The maximum atomic E-state index is 11.3. The third-order valence-electron chi connectivity index (χ3n) is 3.95. The van der Waals surface area contributed by atoms with Gasteiger partial charge in [-0.1, -0.05) is 12.1 Å². The van der Waals surface area contributed by atoms with Gasteiger partial charge in [0.1, 0.15) is 9.84 Å². The summed E-state index contributed by atoms with van der Waals surface area (Å²) < 4.78 is 22.5. The van der Waals surface area contributed by atoms with Gasteiger partial charge in [0.25, 0.3) is 0 Å². The number of nitriles is 1. The van der Waals surface area contributed by atoms with Crippen molar-refractivity contribution in [2.24, 2.45) is 0 Å². The normalized spacial score (nSPS) is 17.8. The fourth-order valence-corrected chi connectivity index (χ4v) is 3.23. The number of rotatable bonds is 5. The van der Waals surface area contributed by atoms with E-state index in [1.165, 1.54) is 11.8 Å². The molecule has 5 nitrogen and oxygen atoms in total. The highest BCUT2D eigenvalue weighted by Crippen LogP contribution is 2.10. The van der Waals surface area contributed by atoms with Crippen LogP contribution in [0.1, 0.15) is 17.5 Å². The van der Waals surface area contributed by atoms with E-state index in [0.29, 0.717) is 12.1 Å². The van der Waals surface area contributed by atoms with Crippen LogP contribution in [0.4, 0.5) is 0 Å². The standard InChI is InChI=1S/C16H23N3O2S/c1-22(20,21)12-11-18-7-2-8-19(10-9-18)14-16-5-3-15(13-17)4-6-16/h3-6H,2,7-12,14H2,1H3. The molecular formula is C16H23N3O2S. The van der Waals surface area contributed by atoms with E-state index in [1.54, 1.807) is 0 Å². The highest BCUT2D eigenvalue weighted by Gasteiger charge is 2.16. The lowest BCUT2D eigenvalue weighted by Gasteiger charge is -2.21. The summed E-state index contributed by atoms with van der Waals surface area (Å²) in [4.78, 5) is 4.63. The third kappa shape index (κ3) is 5.76. The number of hydrogen-bond donors (Lipinski definition) is 0. The number of sulfone groups is 1. The van der Waals surface area contributed by atoms with Crippen LogP contribution in [-0.4, -0.2) is 63.0 Å². The molecule has 1 fully saturated rings. The van der Waals surface area contributed by atoms with E-state index >= 15 is 0 Å². The summed E-state index contributed by atoms with van der Waals surface area (Å²) in [6.45, 7) is 5.35. The molecule has 6 heteroatoms. The van der Waals surface area contributed by atoms with Gasteiger partial charge in [0, 0.05) is 32.4 Å². The van der Waals surface area contributed by atoms with Crippen molar-refractivity contribution >= 4 is 9.84 Å². The fourth-order valence-electron chi connectivity index (χ4n) is 2.64. The molecule has 2 rings (SSSR count). The smallest absolute Gasteiger partial charge is 0.148 e. The van der Waals surface area contributed by atoms with Crippen molar-refractivity contribution in [2.75, 3.05) is 44.7 Å². The monoisotopic (exact) mass is 321 g/mol. The molecule has 1 aliphatic rings. The van der Waals surface area contributed by atoms with Gasteiger partial charge in [-0.25, -0.2) is 8.42 Å². The molecule has 1 aromatic rings. The van der Waals surface area contributed by atoms with Gasteiger partial charge >= 0.3 is 0 Å². The Morgan fingerprint density at radius 2 is 1.73 bits per heavy atom. The van der Waals surface area contributed by atoms with Gasteiger partial charge in [-0.2, -0.15) is 5.26 Å². The molecule has 1 heterocycles. The number of nitrogens with zero attached hydrogens (tertiary/aromatic N) is 3. The van der Waals surface area contributed by atoms with Crippen molar-refractivity contribution in [3.63, 3.8) is 0 Å². The van der Waals surface area contributed by atoms with Crippen LogP contribution in [0, 0.1) is 11.3 Å². The van der Waals surface area contributed by atoms with Crippen LogP contribution in [0.3, 0.4) is 0 Å². The molecule has 22 heavy (non-hydrogen) atoms. The van der Waals surface area contributed by atoms with Crippen LogP contribution < -0.4 is 0 Å². The molecule has 1 aliphatic heterocycles. The molecule has 0 aromatic heterocycles. The Bertz CT molecular complexity index is 620. The van der Waals surface area contributed by atoms with E-state index in [-0.39, 0.29) is 5.75 Å². The number of benzene rings is 1. The SMILES string of the molecule is CS(=O)(=O)CCN1CCCN(Cc2ccc(C#N)cc2)CC1. The van der Waals surface area contributed by atoms with Gasteiger partial charge in [-0.05, 0) is 37.2 Å². The zero-order valence-electron chi connectivity index (χ0n) is 13.0. The van der Waals surface area contributed by atoms with Crippen molar-refractivity contribution in [3.05, 3.63) is 35.4 Å². The highest BCUT2D eigenvalue weighted by molar-refractivity contribution is 7.90. The maximum absolute atomic E-state index is 11.3. The molecule has 0 N–H and O–H groups in total. The zero-order chi connectivity index (χ0) is 16.0. The van der Waals surface area contributed by atoms with Crippen molar-refractivity contribution in [1.29, 1.82) is 5.26 Å². The van der Waals surface area contributed by atoms with Gasteiger partial charge in [0.05, 0.1) is 17.4 Å². The largest absolute Gasteiger partial charge is 0.301 e. The first-order chi connectivity index (χ1) is 10.5. The van der Waals surface area contributed by atoms with E-state index in [9.17, 15) is 8.42 Å². The predicted molar refractivity (Wildman–Crippen MR) is 87.2 cm³/mol. The molecule has 1 aromatic carbocycles. The average molecular weight is 321 g/mol. The molecule has 120 valence electrons. The molecular weight excluding hydrogens is 298 g/mol. The topological polar surface area (TPSA) is 64.4 Å². The molecule has 0 saturated carbocycles. The summed E-state index contributed by atoms with van der Waals surface area (Å²) >= 11 is 0. The second kappa shape index (κ2) is 7.73. The van der Waals surface area contributed by atoms with E-state index in [4.69, 9.17) is 5.26 Å². The Morgan fingerprint density at radius 1 is 1.09 bits per heavy atom. The van der Waals surface area contributed by atoms with Crippen LogP contribution in [0.25, 0.3) is 0 Å². The molecule has 0 aliphatic carbocycles. The summed E-state index contributed by atoms with van der Waals surface area (Å²) in [5.41, 5.74) is 1.90. The minimum Gasteiger partial charge on any atom is -0.301 e. The van der Waals surface area contributed by atoms with Gasteiger partial charge in [-0.3, -0.25) is 4.90 Å². The molecule has 0 radical (unpaired) electrons. The summed E-state index contributed by atoms with van der Waals surface area (Å²) in [5, 5.41) is 8.82. The molecule has 0 bridgehead atoms. The fraction of sp³-hybridized carbons (Fsp3) is 0.562. The van der Waals surface area contributed by atoms with Crippen molar-refractivity contribution in [1.82, 2.24) is 9.80 Å². The van der Waals surface area contributed by atoms with E-state index < -0.39 is 9.84 Å². The first-order valence-corrected chi connectivity index (χ1v) is 9.64. The first-order valence-electron chi connectivity index (χ1n) is 7.58. The Balaban J connectivity index is 1.83. The summed E-state index contributed by atoms with van der Waals surface area (Å²) in [6.07, 6.45) is 2.35. The number of hydrogen-bond acceptors (Lipinski definition) is 5. The van der Waals surface area contributed by atoms with Gasteiger partial charge in [0.2, 0.25) is 0 Å². The summed E-state index contributed by atoms with van der Waals surface area (Å²) in [6, 6.07) is 9.85.